The van der Waals surface area contributed by atoms with E-state index in [4.69, 9.17) is 0 Å². The van der Waals surface area contributed by atoms with Crippen LogP contribution in [0.15, 0.2) is 24.3 Å². The van der Waals surface area contributed by atoms with E-state index in [0.29, 0.717) is 6.54 Å². The molecule has 0 saturated heterocycles. The summed E-state index contributed by atoms with van der Waals surface area (Å²) >= 11 is 3.41. The first-order valence-electron chi connectivity index (χ1n) is 6.57. The maximum Gasteiger partial charge on any atom is 0.315 e. The molecule has 0 aliphatic rings. The Balaban J connectivity index is 1.76. The molecule has 1 heterocycles. The number of aromatic nitrogens is 1. The quantitative estimate of drug-likeness (QED) is 0.862. The van der Waals surface area contributed by atoms with Crippen LogP contribution in [0.1, 0.15) is 11.9 Å². The summed E-state index contributed by atoms with van der Waals surface area (Å²) < 4.78 is 1.19. The number of thioether (sulfide) groups is 1. The van der Waals surface area contributed by atoms with E-state index in [1.165, 1.54) is 4.70 Å². The second kappa shape index (κ2) is 7.50. The zero-order chi connectivity index (χ0) is 14.4. The number of thiazole rings is 1. The minimum atomic E-state index is -0.104. The maximum absolute atomic E-state index is 11.6. The Morgan fingerprint density at radius 1 is 1.45 bits per heavy atom. The number of benzene rings is 1. The number of carbonyl (C=O) groups is 1. The minimum Gasteiger partial charge on any atom is -0.338 e. The molecule has 2 N–H and O–H groups in total. The van der Waals surface area contributed by atoms with E-state index in [1.54, 1.807) is 23.1 Å². The van der Waals surface area contributed by atoms with Crippen molar-refractivity contribution in [2.45, 2.75) is 19.4 Å². The van der Waals surface area contributed by atoms with Crippen molar-refractivity contribution < 1.29 is 4.79 Å². The highest BCUT2D eigenvalue weighted by Gasteiger charge is 2.07. The summed E-state index contributed by atoms with van der Waals surface area (Å²) in [5, 5.41) is 6.84. The van der Waals surface area contributed by atoms with Gasteiger partial charge in [-0.05, 0) is 25.3 Å². The summed E-state index contributed by atoms with van der Waals surface area (Å²) in [5.74, 6) is 0.922. The van der Waals surface area contributed by atoms with Crippen LogP contribution in [-0.2, 0) is 6.42 Å². The molecule has 0 radical (unpaired) electrons. The Hall–Kier alpha value is -1.27. The van der Waals surface area contributed by atoms with Crippen LogP contribution >= 0.6 is 23.1 Å². The zero-order valence-corrected chi connectivity index (χ0v) is 13.3. The van der Waals surface area contributed by atoms with Crippen LogP contribution in [-0.4, -0.2) is 35.6 Å². The number of nitrogens with one attached hydrogen (secondary N) is 2. The highest BCUT2D eigenvalue weighted by molar-refractivity contribution is 7.98. The van der Waals surface area contributed by atoms with Gasteiger partial charge >= 0.3 is 6.03 Å². The molecule has 2 aromatic rings. The molecule has 0 fully saturated rings. The Kier molecular flexibility index (Phi) is 5.67. The summed E-state index contributed by atoms with van der Waals surface area (Å²) in [4.78, 5) is 16.2. The molecule has 1 aromatic heterocycles. The number of para-hydroxylation sites is 1. The van der Waals surface area contributed by atoms with Gasteiger partial charge in [-0.15, -0.1) is 11.3 Å². The standard InChI is InChI=1S/C14H19N3OS2/c1-10(9-19-2)16-14(18)15-8-7-13-17-11-5-3-4-6-12(11)20-13/h3-6,10H,7-9H2,1-2H3,(H2,15,16,18). The van der Waals surface area contributed by atoms with Gasteiger partial charge < -0.3 is 10.6 Å². The third-order valence-electron chi connectivity index (χ3n) is 2.76. The van der Waals surface area contributed by atoms with Gasteiger partial charge in [0, 0.05) is 24.8 Å². The van der Waals surface area contributed by atoms with Crippen molar-refractivity contribution in [2.24, 2.45) is 0 Å². The summed E-state index contributed by atoms with van der Waals surface area (Å²) in [6.45, 7) is 2.61. The number of carbonyl (C=O) groups excluding carboxylic acids is 1. The van der Waals surface area contributed by atoms with E-state index in [-0.39, 0.29) is 12.1 Å². The summed E-state index contributed by atoms with van der Waals surface area (Å²) in [5.41, 5.74) is 1.03. The molecular weight excluding hydrogens is 290 g/mol. The Labute approximate surface area is 127 Å². The molecule has 0 bridgehead atoms. The number of hydrogen-bond acceptors (Lipinski definition) is 4. The van der Waals surface area contributed by atoms with Crippen molar-refractivity contribution in [3.05, 3.63) is 29.3 Å². The monoisotopic (exact) mass is 309 g/mol. The van der Waals surface area contributed by atoms with Gasteiger partial charge in [0.05, 0.1) is 15.2 Å². The first kappa shape index (κ1) is 15.1. The number of amides is 2. The molecule has 0 spiro atoms. The number of rotatable bonds is 6. The lowest BCUT2D eigenvalue weighted by Crippen LogP contribution is -2.42. The Morgan fingerprint density at radius 3 is 3.00 bits per heavy atom. The van der Waals surface area contributed by atoms with E-state index in [0.717, 1.165) is 22.7 Å². The van der Waals surface area contributed by atoms with Gasteiger partial charge in [-0.25, -0.2) is 9.78 Å². The normalized spacial score (nSPS) is 12.3. The topological polar surface area (TPSA) is 54.0 Å². The van der Waals surface area contributed by atoms with Crippen LogP contribution in [0.2, 0.25) is 0 Å². The second-order valence-corrected chi connectivity index (χ2v) is 6.61. The molecule has 2 amide bonds. The first-order chi connectivity index (χ1) is 9.69. The Bertz CT molecular complexity index is 537. The van der Waals surface area contributed by atoms with Crippen molar-refractivity contribution in [3.63, 3.8) is 0 Å². The van der Waals surface area contributed by atoms with Crippen LogP contribution < -0.4 is 10.6 Å². The molecular formula is C14H19N3OS2. The van der Waals surface area contributed by atoms with Crippen LogP contribution in [0.3, 0.4) is 0 Å². The fourth-order valence-corrected chi connectivity index (χ4v) is 3.43. The zero-order valence-electron chi connectivity index (χ0n) is 11.7. The first-order valence-corrected chi connectivity index (χ1v) is 8.78. The molecule has 0 aliphatic carbocycles. The van der Waals surface area contributed by atoms with E-state index in [2.05, 4.69) is 21.7 Å². The summed E-state index contributed by atoms with van der Waals surface area (Å²) in [7, 11) is 0. The molecule has 108 valence electrons. The van der Waals surface area contributed by atoms with E-state index >= 15 is 0 Å². The van der Waals surface area contributed by atoms with Crippen LogP contribution in [0.4, 0.5) is 4.79 Å². The van der Waals surface area contributed by atoms with Gasteiger partial charge in [0.2, 0.25) is 0 Å². The molecule has 0 saturated carbocycles. The molecule has 2 rings (SSSR count). The number of hydrogen-bond donors (Lipinski definition) is 2. The molecule has 1 atom stereocenters. The molecule has 4 nitrogen and oxygen atoms in total. The van der Waals surface area contributed by atoms with Gasteiger partial charge in [-0.2, -0.15) is 11.8 Å². The fraction of sp³-hybridized carbons (Fsp3) is 0.429. The van der Waals surface area contributed by atoms with Gasteiger partial charge in [-0.1, -0.05) is 12.1 Å². The molecule has 20 heavy (non-hydrogen) atoms. The average Bonchev–Trinajstić information content (AvgIpc) is 2.81. The van der Waals surface area contributed by atoms with E-state index in [1.807, 2.05) is 31.4 Å². The van der Waals surface area contributed by atoms with Crippen molar-refractivity contribution in [3.8, 4) is 0 Å². The van der Waals surface area contributed by atoms with Crippen molar-refractivity contribution in [2.75, 3.05) is 18.6 Å². The van der Waals surface area contributed by atoms with Crippen LogP contribution in [0, 0.1) is 0 Å². The third-order valence-corrected chi connectivity index (χ3v) is 4.69. The van der Waals surface area contributed by atoms with Gasteiger partial charge in [0.15, 0.2) is 0 Å². The second-order valence-electron chi connectivity index (χ2n) is 4.58. The lowest BCUT2D eigenvalue weighted by Gasteiger charge is -2.12. The van der Waals surface area contributed by atoms with Crippen molar-refractivity contribution in [1.82, 2.24) is 15.6 Å². The summed E-state index contributed by atoms with van der Waals surface area (Å²) in [6.07, 6.45) is 2.80. The van der Waals surface area contributed by atoms with Crippen molar-refractivity contribution in [1.29, 1.82) is 0 Å². The molecule has 6 heteroatoms. The predicted octanol–water partition coefficient (Wildman–Crippen LogP) is 2.89. The van der Waals surface area contributed by atoms with Crippen molar-refractivity contribution >= 4 is 39.3 Å². The van der Waals surface area contributed by atoms with Crippen LogP contribution in [0.25, 0.3) is 10.2 Å². The highest BCUT2D eigenvalue weighted by atomic mass is 32.2. The highest BCUT2D eigenvalue weighted by Crippen LogP contribution is 2.21. The molecule has 1 aromatic carbocycles. The third kappa shape index (κ3) is 4.38. The maximum atomic E-state index is 11.6. The Morgan fingerprint density at radius 2 is 2.25 bits per heavy atom. The lowest BCUT2D eigenvalue weighted by atomic mass is 10.3. The van der Waals surface area contributed by atoms with Gasteiger partial charge in [0.1, 0.15) is 0 Å². The minimum absolute atomic E-state index is 0.104. The predicted molar refractivity (Wildman–Crippen MR) is 87.7 cm³/mol. The van der Waals surface area contributed by atoms with E-state index < -0.39 is 0 Å². The van der Waals surface area contributed by atoms with Crippen LogP contribution in [0.5, 0.6) is 0 Å². The number of nitrogens with zero attached hydrogens (tertiary/aromatic N) is 1. The molecule has 0 aliphatic heterocycles. The smallest absolute Gasteiger partial charge is 0.315 e. The fourth-order valence-electron chi connectivity index (χ4n) is 1.88. The summed E-state index contributed by atoms with van der Waals surface area (Å²) in [6, 6.07) is 8.17. The van der Waals surface area contributed by atoms with Gasteiger partial charge in [-0.3, -0.25) is 0 Å². The van der Waals surface area contributed by atoms with Gasteiger partial charge in [0.25, 0.3) is 0 Å². The molecule has 1 unspecified atom stereocenters. The lowest BCUT2D eigenvalue weighted by molar-refractivity contribution is 0.239. The SMILES string of the molecule is CSCC(C)NC(=O)NCCc1nc2ccccc2s1. The largest absolute Gasteiger partial charge is 0.338 e. The number of urea groups is 1. The van der Waals surface area contributed by atoms with E-state index in [9.17, 15) is 4.79 Å². The number of fused-ring (bicyclic) bond motifs is 1. The average molecular weight is 309 g/mol.